The zero-order chi connectivity index (χ0) is 67.7. The third-order valence-corrected chi connectivity index (χ3v) is 30.0. The van der Waals surface area contributed by atoms with Crippen molar-refractivity contribution in [3.63, 3.8) is 0 Å². The molecule has 13 heteroatoms. The van der Waals surface area contributed by atoms with Gasteiger partial charge in [-0.05, 0) is 224 Å². The number of nitrogens with one attached hydrogen (secondary N) is 5. The van der Waals surface area contributed by atoms with Crippen molar-refractivity contribution in [1.29, 1.82) is 0 Å². The van der Waals surface area contributed by atoms with Crippen LogP contribution in [0.2, 0.25) is 0 Å². The number of H-pyrrole nitrogens is 2. The number of aliphatic hydroxyl groups excluding tert-OH is 1. The van der Waals surface area contributed by atoms with Crippen molar-refractivity contribution >= 4 is 22.9 Å². The Bertz CT molecular complexity index is 4720. The molecule has 11 N–H and O–H groups in total. The summed E-state index contributed by atoms with van der Waals surface area (Å²) in [7, 11) is 0. The fraction of sp³-hybridized carbons (Fsp3) is 0.489. The van der Waals surface area contributed by atoms with E-state index in [9.17, 15) is 30.6 Å². The van der Waals surface area contributed by atoms with Crippen molar-refractivity contribution < 1.29 is 35.4 Å². The van der Waals surface area contributed by atoms with E-state index < -0.39 is 16.9 Å². The number of phenols is 5. The third kappa shape index (κ3) is 9.04. The van der Waals surface area contributed by atoms with Crippen molar-refractivity contribution in [2.45, 2.75) is 170 Å². The van der Waals surface area contributed by atoms with Crippen molar-refractivity contribution in [1.82, 2.24) is 30.9 Å². The van der Waals surface area contributed by atoms with Crippen LogP contribution in [-0.2, 0) is 42.3 Å². The molecule has 7 heterocycles. The van der Waals surface area contributed by atoms with Gasteiger partial charge in [0.25, 0.3) is 0 Å². The Balaban J connectivity index is 0.770. The number of imidazole rings is 1. The van der Waals surface area contributed by atoms with Gasteiger partial charge in [0.15, 0.2) is 23.0 Å². The van der Waals surface area contributed by atoms with E-state index in [1.807, 2.05) is 18.5 Å². The molecular formula is C88H94N6O7. The number of rotatable bonds is 7. The van der Waals surface area contributed by atoms with Crippen molar-refractivity contribution in [2.75, 3.05) is 26.3 Å². The second kappa shape index (κ2) is 23.5. The fourth-order valence-corrected chi connectivity index (χ4v) is 26.3. The number of ether oxygens (including phenoxy) is 1. The summed E-state index contributed by atoms with van der Waals surface area (Å²) < 4.78 is 6.49. The van der Waals surface area contributed by atoms with E-state index in [1.54, 1.807) is 18.2 Å². The van der Waals surface area contributed by atoms with Crippen molar-refractivity contribution in [3.05, 3.63) is 189 Å². The molecule has 0 amide bonds. The van der Waals surface area contributed by atoms with Crippen molar-refractivity contribution in [2.24, 2.45) is 69.0 Å². The molecule has 7 fully saturated rings. The van der Waals surface area contributed by atoms with Crippen LogP contribution in [0.1, 0.15) is 169 Å². The van der Waals surface area contributed by atoms with E-state index >= 15 is 0 Å². The number of allylic oxidation sites excluding steroid dienone is 1. The minimum atomic E-state index is -0.670. The highest BCUT2D eigenvalue weighted by molar-refractivity contribution is 6.03. The number of phenolic OH excluding ortho intramolecular Hbond substituents is 5. The molecule has 13 nitrogen and oxygen atoms in total. The highest BCUT2D eigenvalue weighted by Gasteiger charge is 2.85. The fourth-order valence-electron chi connectivity index (χ4n) is 26.3. The highest BCUT2D eigenvalue weighted by atomic mass is 16.5. The highest BCUT2D eigenvalue weighted by Crippen LogP contribution is 2.85. The summed E-state index contributed by atoms with van der Waals surface area (Å²) in [5.74, 6) is 18.6. The van der Waals surface area contributed by atoms with Gasteiger partial charge >= 0.3 is 0 Å². The van der Waals surface area contributed by atoms with Gasteiger partial charge in [-0.1, -0.05) is 121 Å². The summed E-state index contributed by atoms with van der Waals surface area (Å²) in [6.07, 6.45) is 32.9. The lowest BCUT2D eigenvalue weighted by Gasteiger charge is -2.76. The molecule has 5 aliphatic heterocycles. The monoisotopic (exact) mass is 1350 g/mol. The zero-order valence-corrected chi connectivity index (χ0v) is 57.7. The average molecular weight is 1350 g/mol. The largest absolute Gasteiger partial charge is 0.507 e. The SMILES string of the molecule is Oc1ccc(/C=C/c2c(CCc3ccc([C@H]4C[C@@]56C[C@@H]7N[C@H](C5)[C@@H](c5ccccc5)C=C7CNCCc5c[nH]c7c5[C@@H]5CC#C[C@]89CCc%10[nH]cnc%10[C@]%10%11[C@@H]%12[C@@H](O)C=C[C@H]%13CCC[C@@]%12%13CC[C@@]%108[C@@H](C[C@H]9CC#C[C@@H]5[C@H]5COCC[C@@H]5C7)C[C@@H]6[C@@H]%11N4)cc3)c(O)c(O)c3c(O)cccc23)cc1O. The lowest BCUT2D eigenvalue weighted by atomic mass is 9.28. The molecule has 8 aliphatic carbocycles. The van der Waals surface area contributed by atoms with Crippen LogP contribution in [0.25, 0.3) is 22.9 Å². The number of aromatic hydroxyl groups is 5. The number of aliphatic hydroxyl groups is 1. The van der Waals surface area contributed by atoms with Crippen LogP contribution in [0.4, 0.5) is 0 Å². The number of hydrogen-bond acceptors (Lipinski definition) is 11. The van der Waals surface area contributed by atoms with Crippen LogP contribution in [0, 0.1) is 92.7 Å². The summed E-state index contributed by atoms with van der Waals surface area (Å²) in [6.45, 7) is 3.23. The van der Waals surface area contributed by atoms with E-state index in [4.69, 9.17) is 15.0 Å². The van der Waals surface area contributed by atoms with Gasteiger partial charge in [0.1, 0.15) is 5.75 Å². The number of aryl methyl sites for hydroxylation is 2. The van der Waals surface area contributed by atoms with Gasteiger partial charge in [-0.3, -0.25) is 0 Å². The second-order valence-electron chi connectivity index (χ2n) is 33.7. The molecule has 0 unspecified atom stereocenters. The lowest BCUT2D eigenvalue weighted by Crippen LogP contribution is -2.80. The Kier molecular flexibility index (Phi) is 14.6. The summed E-state index contributed by atoms with van der Waals surface area (Å²) in [4.78, 5) is 13.8. The molecule has 20 atom stereocenters. The summed E-state index contributed by atoms with van der Waals surface area (Å²) in [5, 5.41) is 83.6. The van der Waals surface area contributed by atoms with Crippen LogP contribution in [0.5, 0.6) is 28.7 Å². The van der Waals surface area contributed by atoms with E-state index in [2.05, 4.69) is 123 Å². The molecule has 5 aromatic carbocycles. The molecule has 7 aromatic rings. The van der Waals surface area contributed by atoms with E-state index in [1.165, 1.54) is 63.1 Å². The molecule has 4 saturated carbocycles. The van der Waals surface area contributed by atoms with Crippen LogP contribution >= 0.6 is 0 Å². The molecule has 101 heavy (non-hydrogen) atoms. The molecular weight excluding hydrogens is 1250 g/mol. The maximum atomic E-state index is 14.0. The van der Waals surface area contributed by atoms with Gasteiger partial charge in [-0.2, -0.15) is 0 Å². The quantitative estimate of drug-likeness (QED) is 0.0313. The Hall–Kier alpha value is -8.01. The predicted molar refractivity (Wildman–Crippen MR) is 391 cm³/mol. The molecule has 3 saturated heterocycles. The molecule has 2 aromatic heterocycles. The van der Waals surface area contributed by atoms with Gasteiger partial charge in [-0.15, -0.1) is 11.8 Å². The second-order valence-corrected chi connectivity index (χ2v) is 33.7. The lowest BCUT2D eigenvalue weighted by molar-refractivity contribution is -0.241. The van der Waals surface area contributed by atoms with Gasteiger partial charge in [0, 0.05) is 113 Å². The molecule has 8 bridgehead atoms. The number of aromatic nitrogens is 3. The van der Waals surface area contributed by atoms with Crippen LogP contribution in [-0.4, -0.2) is 96.1 Å². The molecule has 0 radical (unpaired) electrons. The summed E-state index contributed by atoms with van der Waals surface area (Å²) in [5.41, 5.74) is 12.1. The van der Waals surface area contributed by atoms with Crippen molar-refractivity contribution in [3.8, 4) is 52.4 Å². The van der Waals surface area contributed by atoms with Crippen LogP contribution in [0.15, 0.2) is 127 Å². The number of hydrogen-bond donors (Lipinski definition) is 11. The molecule has 20 rings (SSSR count). The molecule has 4 spiro atoms. The zero-order valence-electron chi connectivity index (χ0n) is 57.7. The summed E-state index contributed by atoms with van der Waals surface area (Å²) in [6, 6.07) is 30.6. The normalized spacial score (nSPS) is 38.1. The minimum absolute atomic E-state index is 0.0518. The third-order valence-electron chi connectivity index (χ3n) is 30.0. The predicted octanol–water partition coefficient (Wildman–Crippen LogP) is 13.8. The first kappa shape index (κ1) is 62.7. The van der Waals surface area contributed by atoms with E-state index in [0.717, 1.165) is 141 Å². The Morgan fingerprint density at radius 3 is 2.52 bits per heavy atom. The maximum absolute atomic E-state index is 14.0. The Morgan fingerprint density at radius 2 is 1.63 bits per heavy atom. The smallest absolute Gasteiger partial charge is 0.169 e. The summed E-state index contributed by atoms with van der Waals surface area (Å²) >= 11 is 0. The minimum Gasteiger partial charge on any atom is -0.507 e. The maximum Gasteiger partial charge on any atom is 0.169 e. The average Bonchev–Trinajstić information content (AvgIpc) is 1.53. The van der Waals surface area contributed by atoms with Crippen LogP contribution < -0.4 is 16.0 Å². The Labute approximate surface area is 592 Å². The van der Waals surface area contributed by atoms with E-state index in [0.29, 0.717) is 58.6 Å². The van der Waals surface area contributed by atoms with Gasteiger partial charge in [-0.25, -0.2) is 4.98 Å². The molecule has 13 aliphatic rings. The first-order valence-electron chi connectivity index (χ1n) is 38.5. The standard InChI is InChI=1S/C88H94N6O7/c95-73-26-20-51(38-76(73)98)19-24-61-63-13-5-15-74(96)78(63)80(100)79(99)64(61)25-18-50-16-21-53(22-17-50)70-43-84-44-71-56(39-65(72(45-84)93-71)52-8-2-1-3-9-52)46-89-36-29-55-47-90-69-40-54-30-37-101-48-66(54)60-12-4-10-58-41-59-42-67(84)82(94-70)88-81-75(97)27-23-57-11-6-31-85(57,81)34-35-87(59,88)86(58,32-7-14-62(60)77(55)69)33-28-68-83(88)92-49-91-68/h1-3,5,8-9,13,15-17,19-24,26-27,38-39,47,49,54,57-60,62,65-67,70-72,75,81-82,89-90,93-100H,6,10-11,14,18,25,28-31,33-37,40-46,48H2,(H,91,92)/b24-19+/t54-,57-,58-,59+,60+,62-,65-,66+,67-,70-,71+,72-,75+,81-,82+,84-,85+,86-,87+,88-/m1/s1. The number of fused-ring (bicyclic) bond motifs is 6. The van der Waals surface area contributed by atoms with Crippen LogP contribution in [0.3, 0.4) is 0 Å². The number of piperidine rings is 2. The van der Waals surface area contributed by atoms with Gasteiger partial charge < -0.3 is 61.3 Å². The number of benzene rings is 5. The van der Waals surface area contributed by atoms with Gasteiger partial charge in [0.2, 0.25) is 0 Å². The molecule has 518 valence electrons. The van der Waals surface area contributed by atoms with Gasteiger partial charge in [0.05, 0.1) is 30.1 Å². The number of nitrogens with zero attached hydrogens (tertiary/aromatic N) is 1. The first-order chi connectivity index (χ1) is 49.4. The Morgan fingerprint density at radius 1 is 0.743 bits per heavy atom. The first-order valence-corrected chi connectivity index (χ1v) is 38.5. The van der Waals surface area contributed by atoms with E-state index in [-0.39, 0.29) is 110 Å². The topological polar surface area (TPSA) is 211 Å². The number of aromatic amines is 2.